The van der Waals surface area contributed by atoms with Gasteiger partial charge in [0.05, 0.1) is 0 Å². The Morgan fingerprint density at radius 3 is 2.22 bits per heavy atom. The quantitative estimate of drug-likeness (QED) is 0.476. The van der Waals surface area contributed by atoms with E-state index in [1.807, 2.05) is 6.92 Å². The second kappa shape index (κ2) is 3.06. The molecule has 0 saturated carbocycles. The van der Waals surface area contributed by atoms with Crippen molar-refractivity contribution in [3.05, 3.63) is 0 Å². The smallest absolute Gasteiger partial charge is 0.407 e. The molecule has 2 nitrogen and oxygen atoms in total. The molecule has 0 saturated heterocycles. The molecule has 0 aliphatic rings. The average Bonchev–Trinajstić information content (AvgIpc) is 1.86. The molecule has 1 atom stereocenters. The highest BCUT2D eigenvalue weighted by Crippen LogP contribution is 1.97. The van der Waals surface area contributed by atoms with Gasteiger partial charge in [-0.15, -0.1) is 0 Å². The van der Waals surface area contributed by atoms with Gasteiger partial charge in [0, 0.05) is 13.5 Å². The monoisotopic (exact) mass is 123 g/mol. The summed E-state index contributed by atoms with van der Waals surface area (Å²) in [5.74, 6) is -0.0278. The van der Waals surface area contributed by atoms with Crippen molar-refractivity contribution in [2.75, 3.05) is 6.54 Å². The molecule has 9 heavy (non-hydrogen) atoms. The largest absolute Gasteiger partial charge is 0.464 e. The van der Waals surface area contributed by atoms with Crippen LogP contribution in [0.2, 0.25) is 6.82 Å². The summed E-state index contributed by atoms with van der Waals surface area (Å²) in [6.07, 6.45) is 0. The molecule has 4 heteroatoms. The molecular weight excluding hydrogens is 112 g/mol. The van der Waals surface area contributed by atoms with Crippen LogP contribution in [-0.4, -0.2) is 32.2 Å². The van der Waals surface area contributed by atoms with Gasteiger partial charge < -0.3 is 4.31 Å². The van der Waals surface area contributed by atoms with E-state index in [0.29, 0.717) is 6.54 Å². The van der Waals surface area contributed by atoms with E-state index in [0.717, 1.165) is 0 Å². The van der Waals surface area contributed by atoms with Crippen molar-refractivity contribution in [1.82, 2.24) is 0 Å². The first-order chi connectivity index (χ1) is 4.06. The van der Waals surface area contributed by atoms with E-state index in [1.54, 1.807) is 14.2 Å². The summed E-state index contributed by atoms with van der Waals surface area (Å²) in [5, 5.41) is 0. The van der Waals surface area contributed by atoms with Crippen LogP contribution in [0, 0.1) is 0 Å². The lowest BCUT2D eigenvalue weighted by Crippen LogP contribution is -2.51. The van der Waals surface area contributed by atoms with Crippen molar-refractivity contribution in [1.29, 1.82) is 0 Å². The molecule has 0 N–H and O–H groups in total. The molecule has 47 valence electrons. The maximum absolute atomic E-state index is 10.7. The minimum Gasteiger partial charge on any atom is -0.407 e. The summed E-state index contributed by atoms with van der Waals surface area (Å²) in [4.78, 5) is 10.7. The fourth-order valence-corrected chi connectivity index (χ4v) is 0.587. The Hall–Kier alpha value is -0.240. The van der Waals surface area contributed by atoms with Crippen LogP contribution < -0.4 is 0 Å². The molecule has 0 bridgehead atoms. The number of carbonyl (C=O) groups excluding carboxylic acids is 1. The molecule has 0 aliphatic carbocycles. The third kappa shape index (κ3) is 1.86. The molecular formula is C5H11B2NO+. The maximum Gasteiger partial charge on any atom is 0.464 e. The standard InChI is InChI=1S/C5H11B2NO/c1-4-8(6,7-3)5(2)9/h4H2,1-3H3/q+1. The van der Waals surface area contributed by atoms with Gasteiger partial charge in [0.1, 0.15) is 0 Å². The number of carbonyl (C=O) groups is 1. The lowest BCUT2D eigenvalue weighted by atomic mass is 9.84. The van der Waals surface area contributed by atoms with E-state index >= 15 is 0 Å². The topological polar surface area (TPSA) is 17.1 Å². The van der Waals surface area contributed by atoms with Crippen molar-refractivity contribution < 1.29 is 9.10 Å². The molecule has 3 radical (unpaired) electrons. The predicted molar refractivity (Wildman–Crippen MR) is 38.9 cm³/mol. The van der Waals surface area contributed by atoms with Gasteiger partial charge >= 0.3 is 15.4 Å². The van der Waals surface area contributed by atoms with Crippen molar-refractivity contribution in [3.63, 3.8) is 0 Å². The average molecular weight is 123 g/mol. The Morgan fingerprint density at radius 1 is 1.78 bits per heavy atom. The first kappa shape index (κ1) is 8.76. The van der Waals surface area contributed by atoms with E-state index in [1.165, 1.54) is 6.92 Å². The fraction of sp³-hybridized carbons (Fsp3) is 0.800. The number of nitrogens with zero attached hydrogens (tertiary/aromatic N) is 1. The van der Waals surface area contributed by atoms with E-state index in [-0.39, 0.29) is 10.2 Å². The van der Waals surface area contributed by atoms with Gasteiger partial charge in [-0.05, 0) is 13.7 Å². The zero-order valence-corrected chi connectivity index (χ0v) is 6.22. The zero-order valence-electron chi connectivity index (χ0n) is 6.22. The summed E-state index contributed by atoms with van der Waals surface area (Å²) in [5.41, 5.74) is 0. The second-order valence-electron chi connectivity index (χ2n) is 2.02. The minimum absolute atomic E-state index is 0.0278. The first-order valence-electron chi connectivity index (χ1n) is 3.04. The molecule has 0 fully saturated rings. The highest BCUT2D eigenvalue weighted by atomic mass is 16.2. The van der Waals surface area contributed by atoms with Gasteiger partial charge in [-0.2, -0.15) is 0 Å². The van der Waals surface area contributed by atoms with Crippen LogP contribution in [0.4, 0.5) is 0 Å². The Kier molecular flexibility index (Phi) is 2.98. The van der Waals surface area contributed by atoms with E-state index < -0.39 is 0 Å². The molecule has 1 amide bonds. The summed E-state index contributed by atoms with van der Waals surface area (Å²) in [7, 11) is 7.25. The molecule has 1 unspecified atom stereocenters. The number of quaternary nitrogens is 1. The Bertz CT molecular complexity index is 112. The van der Waals surface area contributed by atoms with Crippen LogP contribution in [0.5, 0.6) is 0 Å². The molecule has 0 aromatic carbocycles. The van der Waals surface area contributed by atoms with Gasteiger partial charge in [0.25, 0.3) is 5.91 Å². The molecule has 0 aliphatic heterocycles. The Balaban J connectivity index is 4.09. The summed E-state index contributed by atoms with van der Waals surface area (Å²) < 4.78 is -0.0694. The number of hydrogen-bond acceptors (Lipinski definition) is 1. The van der Waals surface area contributed by atoms with Crippen molar-refractivity contribution in [2.45, 2.75) is 20.7 Å². The van der Waals surface area contributed by atoms with E-state index in [9.17, 15) is 4.79 Å². The van der Waals surface area contributed by atoms with Crippen LogP contribution in [0.25, 0.3) is 0 Å². The van der Waals surface area contributed by atoms with Gasteiger partial charge in [0.15, 0.2) is 0 Å². The number of hydrogen-bond donors (Lipinski definition) is 0. The normalized spacial score (nSPS) is 16.3. The Labute approximate surface area is 58.5 Å². The van der Waals surface area contributed by atoms with Crippen LogP contribution in [-0.2, 0) is 4.79 Å². The minimum atomic E-state index is -0.0694. The Morgan fingerprint density at radius 2 is 2.22 bits per heavy atom. The van der Waals surface area contributed by atoms with E-state index in [4.69, 9.17) is 7.98 Å². The highest BCUT2D eigenvalue weighted by Gasteiger charge is 2.24. The van der Waals surface area contributed by atoms with Crippen molar-refractivity contribution >= 4 is 21.3 Å². The number of rotatable bonds is 2. The first-order valence-corrected chi connectivity index (χ1v) is 3.04. The van der Waals surface area contributed by atoms with Crippen molar-refractivity contribution in [3.8, 4) is 0 Å². The summed E-state index contributed by atoms with van der Waals surface area (Å²) >= 11 is 0. The SMILES string of the molecule is [B][N+]([B]C)(CC)C(C)=O. The van der Waals surface area contributed by atoms with Gasteiger partial charge in [0.2, 0.25) is 0 Å². The zero-order chi connectivity index (χ0) is 7.49. The van der Waals surface area contributed by atoms with Crippen LogP contribution in [0.3, 0.4) is 0 Å². The van der Waals surface area contributed by atoms with Crippen molar-refractivity contribution in [2.24, 2.45) is 0 Å². The molecule has 0 heterocycles. The summed E-state index contributed by atoms with van der Waals surface area (Å²) in [6.45, 7) is 5.77. The molecule has 0 rings (SSSR count). The molecule has 0 aromatic rings. The van der Waals surface area contributed by atoms with Crippen LogP contribution in [0.1, 0.15) is 13.8 Å². The molecule has 0 aromatic heterocycles. The van der Waals surface area contributed by atoms with Gasteiger partial charge in [-0.25, -0.2) is 4.79 Å². The fourth-order valence-electron chi connectivity index (χ4n) is 0.587. The van der Waals surface area contributed by atoms with Crippen LogP contribution in [0.15, 0.2) is 0 Å². The van der Waals surface area contributed by atoms with Crippen LogP contribution >= 0.6 is 0 Å². The predicted octanol–water partition coefficient (Wildman–Crippen LogP) is 0.120. The lowest BCUT2D eigenvalue weighted by Gasteiger charge is -2.28. The third-order valence-corrected chi connectivity index (χ3v) is 1.57. The molecule has 0 spiro atoms. The van der Waals surface area contributed by atoms with Gasteiger partial charge in [-0.3, -0.25) is 0 Å². The second-order valence-corrected chi connectivity index (χ2v) is 2.02. The third-order valence-electron chi connectivity index (χ3n) is 1.57. The summed E-state index contributed by atoms with van der Waals surface area (Å²) in [6, 6.07) is 0. The van der Waals surface area contributed by atoms with Gasteiger partial charge in [-0.1, -0.05) is 0 Å². The maximum atomic E-state index is 10.7. The highest BCUT2D eigenvalue weighted by molar-refractivity contribution is 6.35. The number of amides is 1. The van der Waals surface area contributed by atoms with E-state index in [2.05, 4.69) is 0 Å². The lowest BCUT2D eigenvalue weighted by molar-refractivity contribution is -0.612.